The normalized spacial score (nSPS) is 11.6. The zero-order chi connectivity index (χ0) is 29.7. The number of furan rings is 1. The topological polar surface area (TPSA) is 42.4 Å². The number of hydrogen-bond donors (Lipinski definition) is 0. The van der Waals surface area contributed by atoms with Crippen LogP contribution in [0.1, 0.15) is 0 Å². The van der Waals surface area contributed by atoms with Crippen molar-refractivity contribution in [2.45, 2.75) is 0 Å². The van der Waals surface area contributed by atoms with Crippen molar-refractivity contribution in [2.24, 2.45) is 0 Å². The number of hydrogen-bond acceptors (Lipinski definition) is 4. The Morgan fingerprint density at radius 2 is 1.18 bits per heavy atom. The van der Waals surface area contributed by atoms with Crippen LogP contribution >= 0.6 is 0 Å². The van der Waals surface area contributed by atoms with Gasteiger partial charge in [-0.25, -0.2) is 4.98 Å². The lowest BCUT2D eigenvalue weighted by Gasteiger charge is -2.28. The smallest absolute Gasteiger partial charge is 0.227 e. The number of fused-ring (bicyclic) bond motifs is 5. The van der Waals surface area contributed by atoms with Crippen molar-refractivity contribution in [3.05, 3.63) is 158 Å². The first kappa shape index (κ1) is 25.4. The second-order valence-electron chi connectivity index (χ2n) is 11.2. The minimum atomic E-state index is 0.600. The van der Waals surface area contributed by atoms with Crippen LogP contribution in [0.4, 0.5) is 17.1 Å². The first-order valence-corrected chi connectivity index (χ1v) is 15.0. The molecule has 0 aliphatic carbocycles. The van der Waals surface area contributed by atoms with Gasteiger partial charge < -0.3 is 13.7 Å². The fraction of sp³-hybridized carbons (Fsp3) is 0. The van der Waals surface area contributed by atoms with Crippen LogP contribution in [0.3, 0.4) is 0 Å². The molecule has 0 unspecified atom stereocenters. The van der Waals surface area contributed by atoms with Crippen molar-refractivity contribution in [1.29, 1.82) is 0 Å². The SMILES string of the molecule is c1ccc(-c2nc3cc4c(cc3o2)oc2c(N(c3ccc5ccccc5c3)c3ccccc3-c3ccccc3)cccc24)cc1. The maximum Gasteiger partial charge on any atom is 0.227 e. The zero-order valence-corrected chi connectivity index (χ0v) is 24.2. The zero-order valence-electron chi connectivity index (χ0n) is 24.2. The third-order valence-electron chi connectivity index (χ3n) is 8.47. The largest absolute Gasteiger partial charge is 0.454 e. The van der Waals surface area contributed by atoms with Crippen LogP contribution in [0.25, 0.3) is 66.4 Å². The van der Waals surface area contributed by atoms with Crippen LogP contribution in [-0.4, -0.2) is 4.98 Å². The summed E-state index contributed by atoms with van der Waals surface area (Å²) in [5.41, 5.74) is 9.36. The molecular formula is C41H26N2O2. The van der Waals surface area contributed by atoms with E-state index in [9.17, 15) is 0 Å². The molecule has 0 spiro atoms. The summed E-state index contributed by atoms with van der Waals surface area (Å²) in [6.07, 6.45) is 0. The second kappa shape index (κ2) is 10.2. The molecule has 45 heavy (non-hydrogen) atoms. The summed E-state index contributed by atoms with van der Waals surface area (Å²) in [6.45, 7) is 0. The molecule has 9 aromatic rings. The van der Waals surface area contributed by atoms with E-state index in [1.165, 1.54) is 10.8 Å². The lowest BCUT2D eigenvalue weighted by Crippen LogP contribution is -2.11. The standard InChI is InChI=1S/C41H26N2O2/c1-3-13-28(14-4-1)32-18-9-10-20-36(32)43(31-23-22-27-12-7-8-17-30(27)24-31)37-21-11-19-33-34-25-35-39(26-38(34)44-40(33)37)45-41(42-35)29-15-5-2-6-16-29/h1-26H. The van der Waals surface area contributed by atoms with Gasteiger partial charge in [0.25, 0.3) is 0 Å². The third kappa shape index (κ3) is 4.27. The molecule has 0 atom stereocenters. The Morgan fingerprint density at radius 1 is 0.467 bits per heavy atom. The molecule has 0 fully saturated rings. The quantitative estimate of drug-likeness (QED) is 0.204. The first-order valence-electron chi connectivity index (χ1n) is 15.0. The van der Waals surface area contributed by atoms with Gasteiger partial charge in [-0.15, -0.1) is 0 Å². The molecule has 4 heteroatoms. The lowest BCUT2D eigenvalue weighted by atomic mass is 10.0. The highest BCUT2D eigenvalue weighted by Gasteiger charge is 2.23. The molecule has 9 rings (SSSR count). The van der Waals surface area contributed by atoms with Gasteiger partial charge in [0.15, 0.2) is 11.2 Å². The molecule has 7 aromatic carbocycles. The number of aromatic nitrogens is 1. The summed E-state index contributed by atoms with van der Waals surface area (Å²) in [7, 11) is 0. The summed E-state index contributed by atoms with van der Waals surface area (Å²) >= 11 is 0. The van der Waals surface area contributed by atoms with Gasteiger partial charge in [0, 0.05) is 33.7 Å². The van der Waals surface area contributed by atoms with Gasteiger partial charge in [0.2, 0.25) is 5.89 Å². The highest BCUT2D eigenvalue weighted by molar-refractivity contribution is 6.13. The molecule has 0 bridgehead atoms. The number of oxazole rings is 1. The van der Waals surface area contributed by atoms with Crippen LogP contribution in [0.15, 0.2) is 167 Å². The Hall–Kier alpha value is -6.13. The average Bonchev–Trinajstić information content (AvgIpc) is 3.69. The number of para-hydroxylation sites is 2. The molecule has 2 heterocycles. The fourth-order valence-electron chi connectivity index (χ4n) is 6.34. The van der Waals surface area contributed by atoms with E-state index in [-0.39, 0.29) is 0 Å². The summed E-state index contributed by atoms with van der Waals surface area (Å²) in [5.74, 6) is 0.600. The van der Waals surface area contributed by atoms with Crippen molar-refractivity contribution in [3.8, 4) is 22.6 Å². The predicted molar refractivity (Wildman–Crippen MR) is 184 cm³/mol. The van der Waals surface area contributed by atoms with Crippen LogP contribution < -0.4 is 4.90 Å². The van der Waals surface area contributed by atoms with Crippen LogP contribution in [-0.2, 0) is 0 Å². The maximum atomic E-state index is 6.73. The molecule has 0 aliphatic rings. The van der Waals surface area contributed by atoms with E-state index in [1.54, 1.807) is 0 Å². The number of rotatable bonds is 5. The second-order valence-corrected chi connectivity index (χ2v) is 11.2. The van der Waals surface area contributed by atoms with E-state index in [0.717, 1.165) is 61.2 Å². The fourth-order valence-corrected chi connectivity index (χ4v) is 6.34. The summed E-state index contributed by atoms with van der Waals surface area (Å²) < 4.78 is 12.9. The molecule has 0 aliphatic heterocycles. The van der Waals surface area contributed by atoms with Crippen molar-refractivity contribution in [1.82, 2.24) is 4.98 Å². The highest BCUT2D eigenvalue weighted by atomic mass is 16.4. The summed E-state index contributed by atoms with van der Waals surface area (Å²) in [4.78, 5) is 7.14. The minimum Gasteiger partial charge on any atom is -0.454 e. The van der Waals surface area contributed by atoms with Crippen LogP contribution in [0.5, 0.6) is 0 Å². The van der Waals surface area contributed by atoms with Crippen molar-refractivity contribution >= 4 is 60.9 Å². The highest BCUT2D eigenvalue weighted by Crippen LogP contribution is 2.46. The van der Waals surface area contributed by atoms with Gasteiger partial charge in [0.1, 0.15) is 11.1 Å². The molecular weight excluding hydrogens is 552 g/mol. The van der Waals surface area contributed by atoms with Gasteiger partial charge in [0.05, 0.1) is 11.4 Å². The van der Waals surface area contributed by atoms with E-state index in [1.807, 2.05) is 36.4 Å². The van der Waals surface area contributed by atoms with E-state index in [0.29, 0.717) is 11.5 Å². The van der Waals surface area contributed by atoms with Crippen molar-refractivity contribution in [2.75, 3.05) is 4.90 Å². The maximum absolute atomic E-state index is 6.73. The van der Waals surface area contributed by atoms with Gasteiger partial charge in [-0.2, -0.15) is 0 Å². The lowest BCUT2D eigenvalue weighted by molar-refractivity contribution is 0.617. The van der Waals surface area contributed by atoms with Crippen molar-refractivity contribution < 1.29 is 8.83 Å². The van der Waals surface area contributed by atoms with E-state index < -0.39 is 0 Å². The predicted octanol–water partition coefficient (Wildman–Crippen LogP) is 11.7. The minimum absolute atomic E-state index is 0.600. The van der Waals surface area contributed by atoms with Gasteiger partial charge in [-0.1, -0.05) is 109 Å². The van der Waals surface area contributed by atoms with Gasteiger partial charge >= 0.3 is 0 Å². The molecule has 212 valence electrons. The molecule has 0 saturated carbocycles. The average molecular weight is 579 g/mol. The molecule has 2 aromatic heterocycles. The number of benzene rings is 7. The number of anilines is 3. The monoisotopic (exact) mass is 578 g/mol. The molecule has 0 saturated heterocycles. The van der Waals surface area contributed by atoms with E-state index in [2.05, 4.69) is 126 Å². The molecule has 4 nitrogen and oxygen atoms in total. The van der Waals surface area contributed by atoms with Gasteiger partial charge in [-0.3, -0.25) is 0 Å². The Bertz CT molecular complexity index is 2490. The van der Waals surface area contributed by atoms with Crippen LogP contribution in [0, 0.1) is 0 Å². The summed E-state index contributed by atoms with van der Waals surface area (Å²) in [5, 5.41) is 4.40. The Morgan fingerprint density at radius 3 is 2.02 bits per heavy atom. The van der Waals surface area contributed by atoms with Crippen LogP contribution in [0.2, 0.25) is 0 Å². The van der Waals surface area contributed by atoms with E-state index >= 15 is 0 Å². The van der Waals surface area contributed by atoms with E-state index in [4.69, 9.17) is 13.8 Å². The Labute approximate surface area is 259 Å². The molecule has 0 amide bonds. The number of nitrogens with zero attached hydrogens (tertiary/aromatic N) is 2. The molecule has 0 N–H and O–H groups in total. The van der Waals surface area contributed by atoms with Crippen molar-refractivity contribution in [3.63, 3.8) is 0 Å². The molecule has 0 radical (unpaired) electrons. The Kier molecular flexibility index (Phi) is 5.78. The Balaban J connectivity index is 1.28. The third-order valence-corrected chi connectivity index (χ3v) is 8.47. The van der Waals surface area contributed by atoms with Gasteiger partial charge in [-0.05, 0) is 58.8 Å². The first-order chi connectivity index (χ1) is 22.3. The summed E-state index contributed by atoms with van der Waals surface area (Å²) in [6, 6.07) is 54.6.